The van der Waals surface area contributed by atoms with Crippen molar-refractivity contribution < 1.29 is 24.2 Å². The number of amides is 2. The Balaban J connectivity index is 1.65. The fourth-order valence-corrected chi connectivity index (χ4v) is 3.07. The van der Waals surface area contributed by atoms with Crippen molar-refractivity contribution in [1.29, 1.82) is 0 Å². The van der Waals surface area contributed by atoms with E-state index in [1.165, 1.54) is 0 Å². The Morgan fingerprint density at radius 1 is 1.25 bits per heavy atom. The van der Waals surface area contributed by atoms with Crippen LogP contribution in [0.25, 0.3) is 0 Å². The molecule has 2 amide bonds. The zero-order valence-corrected chi connectivity index (χ0v) is 16.0. The van der Waals surface area contributed by atoms with Gasteiger partial charge in [-0.25, -0.2) is 4.79 Å². The number of rotatable bonds is 11. The molecule has 28 heavy (non-hydrogen) atoms. The van der Waals surface area contributed by atoms with Gasteiger partial charge in [-0.1, -0.05) is 42.5 Å². The van der Waals surface area contributed by atoms with Crippen LogP contribution in [0.1, 0.15) is 37.7 Å². The quantitative estimate of drug-likeness (QED) is 0.449. The highest BCUT2D eigenvalue weighted by molar-refractivity contribution is 5.79. The number of likely N-dealkylation sites (tertiary alicyclic amines) is 1. The van der Waals surface area contributed by atoms with Gasteiger partial charge < -0.3 is 20.1 Å². The largest absolute Gasteiger partial charge is 0.481 e. The van der Waals surface area contributed by atoms with Crippen molar-refractivity contribution in [3.8, 4) is 0 Å². The van der Waals surface area contributed by atoms with Crippen LogP contribution in [0.4, 0.5) is 4.79 Å². The summed E-state index contributed by atoms with van der Waals surface area (Å²) in [6, 6.07) is 9.76. The number of ether oxygens (including phenoxy) is 1. The minimum absolute atomic E-state index is 0.0493. The highest BCUT2D eigenvalue weighted by Gasteiger charge is 2.30. The molecule has 1 aliphatic rings. The smallest absolute Gasteiger partial charge is 0.407 e. The Kier molecular flexibility index (Phi) is 9.04. The molecular formula is C21H28N2O5. The molecule has 1 atom stereocenters. The average Bonchev–Trinajstić information content (AvgIpc) is 3.03. The van der Waals surface area contributed by atoms with Crippen LogP contribution in [0.3, 0.4) is 0 Å². The molecule has 0 bridgehead atoms. The maximum absolute atomic E-state index is 12.0. The monoisotopic (exact) mass is 388 g/mol. The zero-order chi connectivity index (χ0) is 20.2. The second kappa shape index (κ2) is 11.8. The van der Waals surface area contributed by atoms with Crippen LogP contribution in [0.2, 0.25) is 0 Å². The number of carboxylic acids is 1. The number of nitrogens with zero attached hydrogens (tertiary/aromatic N) is 1. The number of carbonyl (C=O) groups excluding carboxylic acids is 2. The van der Waals surface area contributed by atoms with Gasteiger partial charge in [0.15, 0.2) is 0 Å². The lowest BCUT2D eigenvalue weighted by Crippen LogP contribution is -2.38. The molecule has 0 saturated carbocycles. The van der Waals surface area contributed by atoms with Crippen molar-refractivity contribution in [2.75, 3.05) is 19.7 Å². The van der Waals surface area contributed by atoms with Crippen molar-refractivity contribution in [2.24, 2.45) is 0 Å². The maximum Gasteiger partial charge on any atom is 0.407 e. The number of alkyl carbamates (subject to hydrolysis) is 1. The van der Waals surface area contributed by atoms with Crippen molar-refractivity contribution in [3.05, 3.63) is 48.0 Å². The Morgan fingerprint density at radius 2 is 2.04 bits per heavy atom. The molecule has 1 heterocycles. The van der Waals surface area contributed by atoms with Gasteiger partial charge in [0, 0.05) is 25.9 Å². The first-order valence-corrected chi connectivity index (χ1v) is 9.67. The third kappa shape index (κ3) is 7.82. The molecular weight excluding hydrogens is 360 g/mol. The molecule has 152 valence electrons. The van der Waals surface area contributed by atoms with E-state index < -0.39 is 12.1 Å². The van der Waals surface area contributed by atoms with E-state index in [0.29, 0.717) is 38.8 Å². The van der Waals surface area contributed by atoms with Crippen molar-refractivity contribution >= 4 is 18.0 Å². The summed E-state index contributed by atoms with van der Waals surface area (Å²) in [5.74, 6) is -0.754. The molecule has 7 heteroatoms. The molecule has 1 aromatic carbocycles. The fraction of sp³-hybridized carbons (Fsp3) is 0.476. The summed E-state index contributed by atoms with van der Waals surface area (Å²) in [5, 5.41) is 11.3. The molecule has 0 spiro atoms. The molecule has 2 rings (SSSR count). The number of nitrogens with one attached hydrogen (secondary N) is 1. The Morgan fingerprint density at radius 3 is 2.79 bits per heavy atom. The topological polar surface area (TPSA) is 95.9 Å². The number of carbonyl (C=O) groups is 3. The van der Waals surface area contributed by atoms with Gasteiger partial charge in [0.05, 0.1) is 6.04 Å². The summed E-state index contributed by atoms with van der Waals surface area (Å²) in [4.78, 5) is 36.1. The summed E-state index contributed by atoms with van der Waals surface area (Å²) >= 11 is 0. The van der Waals surface area contributed by atoms with E-state index in [1.807, 2.05) is 42.5 Å². The summed E-state index contributed by atoms with van der Waals surface area (Å²) in [7, 11) is 0. The molecule has 0 unspecified atom stereocenters. The second-order valence-electron chi connectivity index (χ2n) is 6.76. The number of hydrogen-bond donors (Lipinski definition) is 2. The van der Waals surface area contributed by atoms with E-state index in [4.69, 9.17) is 9.84 Å². The molecule has 0 radical (unpaired) electrons. The highest BCUT2D eigenvalue weighted by Crippen LogP contribution is 2.19. The third-order valence-corrected chi connectivity index (χ3v) is 4.62. The van der Waals surface area contributed by atoms with Crippen molar-refractivity contribution in [1.82, 2.24) is 10.2 Å². The van der Waals surface area contributed by atoms with Gasteiger partial charge in [-0.3, -0.25) is 9.59 Å². The zero-order valence-electron chi connectivity index (χ0n) is 16.0. The number of benzene rings is 1. The summed E-state index contributed by atoms with van der Waals surface area (Å²) in [6.45, 7) is 1.13. The lowest BCUT2D eigenvalue weighted by Gasteiger charge is -2.23. The van der Waals surface area contributed by atoms with Gasteiger partial charge in [-0.05, 0) is 31.2 Å². The van der Waals surface area contributed by atoms with E-state index in [9.17, 15) is 14.4 Å². The van der Waals surface area contributed by atoms with E-state index >= 15 is 0 Å². The van der Waals surface area contributed by atoms with Gasteiger partial charge in [-0.15, -0.1) is 0 Å². The van der Waals surface area contributed by atoms with Crippen LogP contribution >= 0.6 is 0 Å². The minimum Gasteiger partial charge on any atom is -0.481 e. The van der Waals surface area contributed by atoms with E-state index in [2.05, 4.69) is 5.32 Å². The van der Waals surface area contributed by atoms with Crippen LogP contribution in [0.5, 0.6) is 0 Å². The fourth-order valence-electron chi connectivity index (χ4n) is 3.07. The lowest BCUT2D eigenvalue weighted by atomic mass is 10.1. The first-order chi connectivity index (χ1) is 13.6. The van der Waals surface area contributed by atoms with Gasteiger partial charge >= 0.3 is 12.1 Å². The van der Waals surface area contributed by atoms with E-state index in [1.54, 1.807) is 4.90 Å². The molecule has 7 nitrogen and oxygen atoms in total. The lowest BCUT2D eigenvalue weighted by molar-refractivity contribution is -0.137. The standard InChI is InChI=1S/C21H28N2O5/c24-19-12-11-18(23(19)15-7-2-1-6-10-20(25)26)16-28-21(27)22-14-13-17-8-4-3-5-9-17/h2-5,7-9,18H,1,6,10-16H2,(H,22,27)(H,25,26)/t18-/m1/s1. The molecule has 1 saturated heterocycles. The molecule has 1 fully saturated rings. The highest BCUT2D eigenvalue weighted by atomic mass is 16.5. The first-order valence-electron chi connectivity index (χ1n) is 9.67. The van der Waals surface area contributed by atoms with Crippen molar-refractivity contribution in [3.63, 3.8) is 0 Å². The Bertz CT molecular complexity index is 675. The van der Waals surface area contributed by atoms with Crippen LogP contribution in [0, 0.1) is 0 Å². The van der Waals surface area contributed by atoms with Gasteiger partial charge in [-0.2, -0.15) is 0 Å². The number of carboxylic acid groups (broad SMARTS) is 1. The molecule has 1 aliphatic heterocycles. The minimum atomic E-state index is -0.803. The van der Waals surface area contributed by atoms with Gasteiger partial charge in [0.1, 0.15) is 6.61 Å². The number of unbranched alkanes of at least 4 members (excludes halogenated alkanes) is 1. The maximum atomic E-state index is 12.0. The van der Waals surface area contributed by atoms with Crippen LogP contribution in [0.15, 0.2) is 42.5 Å². The van der Waals surface area contributed by atoms with Gasteiger partial charge in [0.25, 0.3) is 0 Å². The van der Waals surface area contributed by atoms with Crippen LogP contribution in [-0.2, 0) is 20.7 Å². The number of aliphatic carboxylic acids is 1. The Labute approximate surface area is 165 Å². The van der Waals surface area contributed by atoms with Crippen LogP contribution < -0.4 is 5.32 Å². The summed E-state index contributed by atoms with van der Waals surface area (Å²) in [6.07, 6.45) is 6.54. The second-order valence-corrected chi connectivity index (χ2v) is 6.76. The molecule has 1 aromatic rings. The number of hydrogen-bond acceptors (Lipinski definition) is 4. The summed E-state index contributed by atoms with van der Waals surface area (Å²) < 4.78 is 5.28. The van der Waals surface area contributed by atoms with Crippen LogP contribution in [-0.4, -0.2) is 53.7 Å². The molecule has 0 aliphatic carbocycles. The van der Waals surface area contributed by atoms with E-state index in [0.717, 1.165) is 12.0 Å². The average molecular weight is 388 g/mol. The summed E-state index contributed by atoms with van der Waals surface area (Å²) in [5.41, 5.74) is 1.14. The molecule has 2 N–H and O–H groups in total. The number of allylic oxidation sites excluding steroid dienone is 1. The van der Waals surface area contributed by atoms with Crippen molar-refractivity contribution in [2.45, 2.75) is 44.6 Å². The Hall–Kier alpha value is -2.83. The predicted molar refractivity (Wildman–Crippen MR) is 105 cm³/mol. The predicted octanol–water partition coefficient (Wildman–Crippen LogP) is 2.76. The first kappa shape index (κ1) is 21.5. The van der Waals surface area contributed by atoms with Gasteiger partial charge in [0.2, 0.25) is 5.91 Å². The SMILES string of the molecule is O=C(O)CCCC=CCN1C(=O)CC[C@@H]1COC(=O)NCCc1ccccc1. The third-order valence-electron chi connectivity index (χ3n) is 4.62. The van der Waals surface area contributed by atoms with E-state index in [-0.39, 0.29) is 25.0 Å². The molecule has 0 aromatic heterocycles. The normalized spacial score (nSPS) is 16.5.